The second-order valence-corrected chi connectivity index (χ2v) is 6.20. The Morgan fingerprint density at radius 2 is 1.76 bits per heavy atom. The Morgan fingerprint density at radius 3 is 2.32 bits per heavy atom. The van der Waals surface area contributed by atoms with E-state index in [0.717, 1.165) is 22.2 Å². The van der Waals surface area contributed by atoms with Crippen LogP contribution in [0.2, 0.25) is 0 Å². The van der Waals surface area contributed by atoms with Gasteiger partial charge in [0.1, 0.15) is 0 Å². The second-order valence-electron chi connectivity index (χ2n) is 4.95. The molecule has 0 radical (unpaired) electrons. The molecule has 0 aromatic heterocycles. The zero-order valence-electron chi connectivity index (χ0n) is 13.3. The highest BCUT2D eigenvalue weighted by Crippen LogP contribution is 2.18. The standard InChI is InChI=1S/C18H14N2O4S/c1-13(21)25-17-11-5-14(6-12-17)3-2-4-18(22)19-15-7-9-16(10-8-15)20(23)24/h5-12H,4H2,1H3,(H,19,22). The van der Waals surface area contributed by atoms with Gasteiger partial charge >= 0.3 is 0 Å². The lowest BCUT2D eigenvalue weighted by atomic mass is 10.2. The number of nitrogens with zero attached hydrogens (tertiary/aromatic N) is 1. The molecule has 2 aromatic rings. The van der Waals surface area contributed by atoms with Crippen LogP contribution in [0.3, 0.4) is 0 Å². The molecule has 1 amide bonds. The van der Waals surface area contributed by atoms with Crippen LogP contribution in [0, 0.1) is 22.0 Å². The van der Waals surface area contributed by atoms with Crippen molar-refractivity contribution in [3.8, 4) is 11.8 Å². The number of nitro benzene ring substituents is 1. The van der Waals surface area contributed by atoms with E-state index in [9.17, 15) is 19.7 Å². The van der Waals surface area contributed by atoms with Gasteiger partial charge in [-0.1, -0.05) is 23.6 Å². The molecule has 126 valence electrons. The number of thioether (sulfide) groups is 1. The van der Waals surface area contributed by atoms with Crippen LogP contribution in [-0.4, -0.2) is 15.9 Å². The number of nitrogens with one attached hydrogen (secondary N) is 1. The van der Waals surface area contributed by atoms with Gasteiger partial charge in [-0.15, -0.1) is 0 Å². The summed E-state index contributed by atoms with van der Waals surface area (Å²) in [6.45, 7) is 1.50. The predicted molar refractivity (Wildman–Crippen MR) is 96.2 cm³/mol. The number of nitro groups is 1. The lowest BCUT2D eigenvalue weighted by molar-refractivity contribution is -0.384. The van der Waals surface area contributed by atoms with E-state index < -0.39 is 4.92 Å². The van der Waals surface area contributed by atoms with Gasteiger partial charge < -0.3 is 5.32 Å². The summed E-state index contributed by atoms with van der Waals surface area (Å²) in [6, 6.07) is 12.7. The Labute approximate surface area is 148 Å². The van der Waals surface area contributed by atoms with Gasteiger partial charge in [-0.25, -0.2) is 0 Å². The summed E-state index contributed by atoms with van der Waals surface area (Å²) in [5.41, 5.74) is 1.18. The zero-order valence-corrected chi connectivity index (χ0v) is 14.1. The molecular formula is C18H14N2O4S. The van der Waals surface area contributed by atoms with Crippen molar-refractivity contribution in [2.45, 2.75) is 18.2 Å². The Kier molecular flexibility index (Phi) is 6.32. The smallest absolute Gasteiger partial charge is 0.269 e. The molecule has 0 saturated heterocycles. The molecular weight excluding hydrogens is 340 g/mol. The molecule has 1 N–H and O–H groups in total. The monoisotopic (exact) mass is 354 g/mol. The summed E-state index contributed by atoms with van der Waals surface area (Å²) in [7, 11) is 0. The summed E-state index contributed by atoms with van der Waals surface area (Å²) >= 11 is 1.15. The molecule has 7 heteroatoms. The van der Waals surface area contributed by atoms with Crippen LogP contribution < -0.4 is 5.32 Å². The summed E-state index contributed by atoms with van der Waals surface area (Å²) < 4.78 is 0. The Bertz CT molecular complexity index is 849. The van der Waals surface area contributed by atoms with Crippen molar-refractivity contribution in [1.29, 1.82) is 0 Å². The van der Waals surface area contributed by atoms with Gasteiger partial charge in [0, 0.05) is 35.2 Å². The third kappa shape index (κ3) is 6.12. The first-order valence-electron chi connectivity index (χ1n) is 7.26. The number of amides is 1. The molecule has 0 spiro atoms. The molecule has 0 aliphatic rings. The van der Waals surface area contributed by atoms with Crippen molar-refractivity contribution in [3.05, 3.63) is 64.2 Å². The molecule has 6 nitrogen and oxygen atoms in total. The maximum absolute atomic E-state index is 11.8. The van der Waals surface area contributed by atoms with E-state index in [-0.39, 0.29) is 23.1 Å². The fourth-order valence-corrected chi connectivity index (χ4v) is 2.47. The van der Waals surface area contributed by atoms with Crippen LogP contribution in [0.5, 0.6) is 0 Å². The van der Waals surface area contributed by atoms with E-state index >= 15 is 0 Å². The van der Waals surface area contributed by atoms with Gasteiger partial charge in [0.25, 0.3) is 5.69 Å². The molecule has 0 atom stereocenters. The quantitative estimate of drug-likeness (QED) is 0.392. The normalized spacial score (nSPS) is 9.64. The first kappa shape index (κ1) is 18.2. The summed E-state index contributed by atoms with van der Waals surface area (Å²) in [4.78, 5) is 33.7. The average Bonchev–Trinajstić information content (AvgIpc) is 2.56. The minimum Gasteiger partial charge on any atom is -0.325 e. The number of non-ortho nitro benzene ring substituents is 1. The number of hydrogen-bond acceptors (Lipinski definition) is 5. The van der Waals surface area contributed by atoms with Crippen molar-refractivity contribution < 1.29 is 14.5 Å². The summed E-state index contributed by atoms with van der Waals surface area (Å²) in [6.07, 6.45) is 0.000927. The van der Waals surface area contributed by atoms with E-state index in [1.54, 1.807) is 24.3 Å². The molecule has 0 bridgehead atoms. The Balaban J connectivity index is 1.88. The molecule has 0 aliphatic carbocycles. The fourth-order valence-electron chi connectivity index (χ4n) is 1.87. The van der Waals surface area contributed by atoms with Crippen molar-refractivity contribution in [2.75, 3.05) is 5.32 Å². The maximum atomic E-state index is 11.8. The second kappa shape index (κ2) is 8.66. The molecule has 0 unspecified atom stereocenters. The van der Waals surface area contributed by atoms with E-state index in [2.05, 4.69) is 17.2 Å². The average molecular weight is 354 g/mol. The number of anilines is 1. The lowest BCUT2D eigenvalue weighted by Gasteiger charge is -2.01. The molecule has 2 rings (SSSR count). The van der Waals surface area contributed by atoms with Crippen molar-refractivity contribution in [2.24, 2.45) is 0 Å². The molecule has 0 aliphatic heterocycles. The first-order chi connectivity index (χ1) is 11.9. The number of hydrogen-bond donors (Lipinski definition) is 1. The van der Waals surface area contributed by atoms with Crippen LogP contribution in [-0.2, 0) is 9.59 Å². The van der Waals surface area contributed by atoms with Crippen LogP contribution >= 0.6 is 11.8 Å². The van der Waals surface area contributed by atoms with E-state index in [0.29, 0.717) is 5.69 Å². The topological polar surface area (TPSA) is 89.3 Å². The number of carbonyl (C=O) groups is 2. The molecule has 0 heterocycles. The lowest BCUT2D eigenvalue weighted by Crippen LogP contribution is -2.10. The minimum atomic E-state index is -0.503. The number of rotatable bonds is 4. The Hall–Kier alpha value is -3.11. The summed E-state index contributed by atoms with van der Waals surface area (Å²) in [5.74, 6) is 5.34. The maximum Gasteiger partial charge on any atom is 0.269 e. The van der Waals surface area contributed by atoms with Crippen LogP contribution in [0.25, 0.3) is 0 Å². The molecule has 0 saturated carbocycles. The van der Waals surface area contributed by atoms with Gasteiger partial charge in [0.05, 0.1) is 11.3 Å². The van der Waals surface area contributed by atoms with Gasteiger partial charge in [-0.3, -0.25) is 19.7 Å². The SMILES string of the molecule is CC(=O)Sc1ccc(C#CCC(=O)Nc2ccc([N+](=O)[O-])cc2)cc1. The summed E-state index contributed by atoms with van der Waals surface area (Å²) in [5, 5.41) is 13.2. The first-order valence-corrected chi connectivity index (χ1v) is 8.07. The largest absolute Gasteiger partial charge is 0.325 e. The van der Waals surface area contributed by atoms with Crippen LogP contribution in [0.1, 0.15) is 18.9 Å². The van der Waals surface area contributed by atoms with Crippen molar-refractivity contribution in [3.63, 3.8) is 0 Å². The predicted octanol–water partition coefficient (Wildman–Crippen LogP) is 3.61. The molecule has 25 heavy (non-hydrogen) atoms. The van der Waals surface area contributed by atoms with Crippen LogP contribution in [0.15, 0.2) is 53.4 Å². The van der Waals surface area contributed by atoms with E-state index in [1.165, 1.54) is 31.2 Å². The molecule has 0 fully saturated rings. The highest BCUT2D eigenvalue weighted by Gasteiger charge is 2.05. The number of carbonyl (C=O) groups excluding carboxylic acids is 2. The Morgan fingerprint density at radius 1 is 1.12 bits per heavy atom. The number of benzene rings is 2. The van der Waals surface area contributed by atoms with E-state index in [4.69, 9.17) is 0 Å². The van der Waals surface area contributed by atoms with Gasteiger partial charge in [0.2, 0.25) is 5.91 Å². The minimum absolute atomic E-state index is 0.000927. The highest BCUT2D eigenvalue weighted by atomic mass is 32.2. The van der Waals surface area contributed by atoms with Crippen molar-refractivity contribution >= 4 is 34.2 Å². The van der Waals surface area contributed by atoms with Gasteiger partial charge in [0.15, 0.2) is 5.12 Å². The fraction of sp³-hybridized carbons (Fsp3) is 0.111. The third-order valence-electron chi connectivity index (χ3n) is 2.96. The van der Waals surface area contributed by atoms with Crippen LogP contribution in [0.4, 0.5) is 11.4 Å². The van der Waals surface area contributed by atoms with Gasteiger partial charge in [-0.05, 0) is 36.4 Å². The van der Waals surface area contributed by atoms with Gasteiger partial charge in [-0.2, -0.15) is 0 Å². The van der Waals surface area contributed by atoms with E-state index in [1.807, 2.05) is 0 Å². The van der Waals surface area contributed by atoms with Crippen molar-refractivity contribution in [1.82, 2.24) is 0 Å². The highest BCUT2D eigenvalue weighted by molar-refractivity contribution is 8.13. The molecule has 2 aromatic carbocycles. The zero-order chi connectivity index (χ0) is 18.2. The third-order valence-corrected chi connectivity index (χ3v) is 3.75.